The number of aliphatic hydroxyl groups is 1. The highest BCUT2D eigenvalue weighted by molar-refractivity contribution is 7.22. The van der Waals surface area contributed by atoms with Gasteiger partial charge in [0.15, 0.2) is 11.6 Å². The molecule has 1 fully saturated rings. The number of pyridine rings is 2. The molecular weight excluding hydrogens is 536 g/mol. The predicted molar refractivity (Wildman–Crippen MR) is 148 cm³/mol. The minimum absolute atomic E-state index is 0.0295. The van der Waals surface area contributed by atoms with Crippen LogP contribution in [0.2, 0.25) is 0 Å². The van der Waals surface area contributed by atoms with Gasteiger partial charge in [0.1, 0.15) is 18.1 Å². The number of fused-ring (bicyclic) bond motifs is 1. The second-order valence-electron chi connectivity index (χ2n) is 9.97. The van der Waals surface area contributed by atoms with Crippen molar-refractivity contribution in [1.82, 2.24) is 14.9 Å². The second-order valence-corrected chi connectivity index (χ2v) is 11.0. The van der Waals surface area contributed by atoms with Crippen molar-refractivity contribution in [2.45, 2.75) is 45.6 Å². The van der Waals surface area contributed by atoms with Crippen molar-refractivity contribution < 1.29 is 28.2 Å². The van der Waals surface area contributed by atoms with Crippen LogP contribution < -0.4 is 4.74 Å². The van der Waals surface area contributed by atoms with Gasteiger partial charge in [0, 0.05) is 44.4 Å². The number of ether oxygens (including phenoxy) is 1. The van der Waals surface area contributed by atoms with E-state index in [2.05, 4.69) is 9.97 Å². The summed E-state index contributed by atoms with van der Waals surface area (Å²) in [6.07, 6.45) is 6.31. The number of aliphatic hydroxyl groups excluding tert-OH is 1. The third-order valence-corrected chi connectivity index (χ3v) is 7.92. The first kappa shape index (κ1) is 27.8. The van der Waals surface area contributed by atoms with E-state index in [9.17, 15) is 23.5 Å². The zero-order valence-electron chi connectivity index (χ0n) is 22.0. The summed E-state index contributed by atoms with van der Waals surface area (Å²) in [4.78, 5) is 35.4. The van der Waals surface area contributed by atoms with Crippen LogP contribution in [0.4, 0.5) is 8.78 Å². The first-order valence-corrected chi connectivity index (χ1v) is 14.1. The summed E-state index contributed by atoms with van der Waals surface area (Å²) >= 11 is 1.36. The first-order valence-electron chi connectivity index (χ1n) is 13.2. The van der Waals surface area contributed by atoms with Gasteiger partial charge in [-0.05, 0) is 54.5 Å². The normalized spacial score (nSPS) is 13.0. The molecule has 1 aliphatic carbocycles. The van der Waals surface area contributed by atoms with Gasteiger partial charge < -0.3 is 14.7 Å². The van der Waals surface area contributed by atoms with Crippen LogP contribution in [0.15, 0.2) is 48.8 Å². The third kappa shape index (κ3) is 6.34. The van der Waals surface area contributed by atoms with E-state index in [-0.39, 0.29) is 29.4 Å². The zero-order valence-corrected chi connectivity index (χ0v) is 22.8. The van der Waals surface area contributed by atoms with Crippen LogP contribution in [0.3, 0.4) is 0 Å². The third-order valence-electron chi connectivity index (χ3n) is 6.76. The lowest BCUT2D eigenvalue weighted by Crippen LogP contribution is -2.33. The Balaban J connectivity index is 1.33. The van der Waals surface area contributed by atoms with Crippen molar-refractivity contribution >= 4 is 33.2 Å². The maximum atomic E-state index is 14.9. The number of aromatic nitrogens is 2. The molecule has 208 valence electrons. The van der Waals surface area contributed by atoms with E-state index >= 15 is 0 Å². The Morgan fingerprint density at radius 2 is 1.93 bits per heavy atom. The number of benzene rings is 1. The number of carbonyl (C=O) groups excluding carboxylic acids is 2. The van der Waals surface area contributed by atoms with Gasteiger partial charge in [0.05, 0.1) is 20.8 Å². The fourth-order valence-corrected chi connectivity index (χ4v) is 5.54. The molecule has 0 radical (unpaired) electrons. The van der Waals surface area contributed by atoms with E-state index in [4.69, 9.17) is 4.74 Å². The maximum absolute atomic E-state index is 14.9. The number of rotatable bonds is 12. The quantitative estimate of drug-likeness (QED) is 0.224. The molecule has 1 N–H and O–H groups in total. The zero-order chi connectivity index (χ0) is 28.2. The van der Waals surface area contributed by atoms with Crippen molar-refractivity contribution in [2.24, 2.45) is 5.92 Å². The van der Waals surface area contributed by atoms with Crippen molar-refractivity contribution in [1.29, 1.82) is 0 Å². The Kier molecular flexibility index (Phi) is 8.46. The molecule has 0 bridgehead atoms. The van der Waals surface area contributed by atoms with E-state index in [1.807, 2.05) is 25.1 Å². The molecule has 1 saturated carbocycles. The Bertz CT molecular complexity index is 1540. The number of carbonyl (C=O) groups is 2. The average Bonchev–Trinajstić information content (AvgIpc) is 3.66. The van der Waals surface area contributed by atoms with E-state index in [1.165, 1.54) is 29.7 Å². The van der Waals surface area contributed by atoms with Crippen LogP contribution in [-0.4, -0.2) is 44.8 Å². The molecule has 40 heavy (non-hydrogen) atoms. The molecular formula is C30H29F2N3O4S. The molecule has 3 aromatic heterocycles. The molecule has 0 spiro atoms. The molecule has 0 aliphatic heterocycles. The highest BCUT2D eigenvalue weighted by atomic mass is 32.1. The van der Waals surface area contributed by atoms with Gasteiger partial charge in [0.2, 0.25) is 11.7 Å². The lowest BCUT2D eigenvalue weighted by molar-refractivity contribution is -0.134. The Morgan fingerprint density at radius 1 is 1.10 bits per heavy atom. The summed E-state index contributed by atoms with van der Waals surface area (Å²) in [5, 5.41) is 9.21. The number of nitrogens with zero attached hydrogens (tertiary/aromatic N) is 3. The lowest BCUT2D eigenvalue weighted by atomic mass is 10.0. The van der Waals surface area contributed by atoms with Gasteiger partial charge in [0.25, 0.3) is 0 Å². The SMILES string of the molecule is CCCN(Cc1ccc(-c2cc3nccc(Oc4ccc(CC(=O)CC5CC5)c(F)c4F)c3s2)nc1)C(=O)CO. The van der Waals surface area contributed by atoms with Crippen LogP contribution in [0.5, 0.6) is 11.5 Å². The number of hydrogen-bond acceptors (Lipinski definition) is 7. The van der Waals surface area contributed by atoms with Crippen LogP contribution in [0, 0.1) is 17.6 Å². The van der Waals surface area contributed by atoms with Gasteiger partial charge in [-0.25, -0.2) is 4.39 Å². The monoisotopic (exact) mass is 565 g/mol. The van der Waals surface area contributed by atoms with Crippen molar-refractivity contribution in [2.75, 3.05) is 13.2 Å². The molecule has 3 heterocycles. The summed E-state index contributed by atoms with van der Waals surface area (Å²) in [7, 11) is 0. The molecule has 0 unspecified atom stereocenters. The topological polar surface area (TPSA) is 92.6 Å². The first-order chi connectivity index (χ1) is 19.4. The van der Waals surface area contributed by atoms with Crippen molar-refractivity contribution in [3.05, 3.63) is 71.6 Å². The molecule has 1 aliphatic rings. The summed E-state index contributed by atoms with van der Waals surface area (Å²) < 4.78 is 36.1. The minimum atomic E-state index is -1.13. The summed E-state index contributed by atoms with van der Waals surface area (Å²) in [5.41, 5.74) is 2.17. The number of amides is 1. The van der Waals surface area contributed by atoms with Gasteiger partial charge in [-0.3, -0.25) is 19.6 Å². The van der Waals surface area contributed by atoms with Gasteiger partial charge in [-0.15, -0.1) is 11.3 Å². The van der Waals surface area contributed by atoms with E-state index in [0.717, 1.165) is 29.7 Å². The van der Waals surface area contributed by atoms with Crippen LogP contribution >= 0.6 is 11.3 Å². The number of Topliss-reactive ketones (excluding diaryl/α,β-unsaturated/α-hetero) is 1. The fourth-order valence-electron chi connectivity index (χ4n) is 4.50. The van der Waals surface area contributed by atoms with E-state index in [1.54, 1.807) is 17.2 Å². The number of ketones is 1. The molecule has 10 heteroatoms. The highest BCUT2D eigenvalue weighted by Gasteiger charge is 2.25. The second kappa shape index (κ2) is 12.2. The Hall–Kier alpha value is -3.76. The Labute approximate surface area is 234 Å². The number of hydrogen-bond donors (Lipinski definition) is 1. The lowest BCUT2D eigenvalue weighted by Gasteiger charge is -2.21. The Morgan fingerprint density at radius 3 is 2.62 bits per heavy atom. The van der Waals surface area contributed by atoms with Gasteiger partial charge in [-0.1, -0.05) is 19.1 Å². The molecule has 5 rings (SSSR count). The van der Waals surface area contributed by atoms with Gasteiger partial charge >= 0.3 is 0 Å². The predicted octanol–water partition coefficient (Wildman–Crippen LogP) is 6.07. The molecule has 1 aromatic carbocycles. The summed E-state index contributed by atoms with van der Waals surface area (Å²) in [5.74, 6) is -2.17. The number of thiophene rings is 1. The standard InChI is InChI=1S/C30H29F2N3O4S/c1-2-11-35(27(38)17-36)16-19-5-7-22(34-15-19)26-14-23-30(40-26)25(9-10-33-23)39-24-8-6-20(28(31)29(24)32)13-21(37)12-18-3-4-18/h5-10,14-15,18,36H,2-4,11-13,16-17H2,1H3. The number of halogens is 2. The largest absolute Gasteiger partial charge is 0.453 e. The molecule has 7 nitrogen and oxygen atoms in total. The average molecular weight is 566 g/mol. The van der Waals surface area contributed by atoms with Crippen LogP contribution in [-0.2, 0) is 22.6 Å². The molecule has 0 atom stereocenters. The van der Waals surface area contributed by atoms with E-state index in [0.29, 0.717) is 47.1 Å². The van der Waals surface area contributed by atoms with Crippen molar-refractivity contribution in [3.8, 4) is 22.1 Å². The molecule has 0 saturated heterocycles. The minimum Gasteiger partial charge on any atom is -0.453 e. The summed E-state index contributed by atoms with van der Waals surface area (Å²) in [6, 6.07) is 9.90. The van der Waals surface area contributed by atoms with Crippen molar-refractivity contribution in [3.63, 3.8) is 0 Å². The summed E-state index contributed by atoms with van der Waals surface area (Å²) in [6.45, 7) is 2.32. The fraction of sp³-hybridized carbons (Fsp3) is 0.333. The highest BCUT2D eigenvalue weighted by Crippen LogP contribution is 2.39. The van der Waals surface area contributed by atoms with E-state index < -0.39 is 18.2 Å². The molecule has 4 aromatic rings. The van der Waals surface area contributed by atoms with Crippen LogP contribution in [0.1, 0.15) is 43.7 Å². The maximum Gasteiger partial charge on any atom is 0.248 e. The molecule has 1 amide bonds. The smallest absolute Gasteiger partial charge is 0.248 e. The van der Waals surface area contributed by atoms with Crippen LogP contribution in [0.25, 0.3) is 20.8 Å². The van der Waals surface area contributed by atoms with Gasteiger partial charge in [-0.2, -0.15) is 4.39 Å².